The molecule has 0 spiro atoms. The predicted molar refractivity (Wildman–Crippen MR) is 105 cm³/mol. The molecule has 0 aliphatic carbocycles. The molecule has 3 aromatic carbocycles. The Labute approximate surface area is 152 Å². The molecular formula is C22H19N3O. The van der Waals surface area contributed by atoms with E-state index in [-0.39, 0.29) is 0 Å². The third-order valence-corrected chi connectivity index (χ3v) is 5.01. The first-order valence-corrected chi connectivity index (χ1v) is 8.84. The van der Waals surface area contributed by atoms with Crippen molar-refractivity contribution in [3.8, 4) is 22.7 Å². The average Bonchev–Trinajstić information content (AvgIpc) is 3.30. The summed E-state index contributed by atoms with van der Waals surface area (Å²) in [6.45, 7) is 0.931. The van der Waals surface area contributed by atoms with E-state index < -0.39 is 0 Å². The van der Waals surface area contributed by atoms with Crippen LogP contribution in [0.3, 0.4) is 0 Å². The molecule has 4 nitrogen and oxygen atoms in total. The Morgan fingerprint density at radius 2 is 1.77 bits per heavy atom. The number of ether oxygens (including phenoxy) is 1. The summed E-state index contributed by atoms with van der Waals surface area (Å²) in [4.78, 5) is 0. The second-order valence-electron chi connectivity index (χ2n) is 6.46. The van der Waals surface area contributed by atoms with Crippen molar-refractivity contribution in [1.82, 2.24) is 9.78 Å². The number of methoxy groups -OCH3 is 1. The van der Waals surface area contributed by atoms with Gasteiger partial charge >= 0.3 is 0 Å². The van der Waals surface area contributed by atoms with Gasteiger partial charge in [0.25, 0.3) is 0 Å². The molecule has 1 aromatic heterocycles. The fraction of sp³-hybridized carbons (Fsp3) is 0.136. The summed E-state index contributed by atoms with van der Waals surface area (Å²) in [6, 6.07) is 22.9. The van der Waals surface area contributed by atoms with E-state index in [1.807, 2.05) is 28.9 Å². The van der Waals surface area contributed by atoms with Gasteiger partial charge in [0.1, 0.15) is 17.3 Å². The van der Waals surface area contributed by atoms with Crippen LogP contribution in [0.4, 0.5) is 5.82 Å². The number of anilines is 1. The average molecular weight is 341 g/mol. The van der Waals surface area contributed by atoms with Crippen LogP contribution in [-0.2, 0) is 6.42 Å². The van der Waals surface area contributed by atoms with Crippen LogP contribution in [0, 0.1) is 0 Å². The van der Waals surface area contributed by atoms with Crippen LogP contribution in [0.1, 0.15) is 5.56 Å². The van der Waals surface area contributed by atoms with E-state index in [0.717, 1.165) is 35.9 Å². The number of hydrogen-bond donors (Lipinski definition) is 1. The van der Waals surface area contributed by atoms with E-state index in [2.05, 4.69) is 47.8 Å². The maximum atomic E-state index is 5.56. The molecule has 0 bridgehead atoms. The Morgan fingerprint density at radius 3 is 2.69 bits per heavy atom. The van der Waals surface area contributed by atoms with E-state index in [1.165, 1.54) is 21.9 Å². The van der Waals surface area contributed by atoms with Crippen LogP contribution in [0.15, 0.2) is 66.7 Å². The molecule has 1 aliphatic heterocycles. The van der Waals surface area contributed by atoms with Gasteiger partial charge in [-0.15, -0.1) is 0 Å². The number of rotatable bonds is 3. The SMILES string of the molecule is COc1ccccc1-n1nc(-c2cccc3ccccc23)c2c1NCC2. The number of nitrogens with zero attached hydrogens (tertiary/aromatic N) is 2. The Bertz CT molecular complexity index is 1110. The maximum absolute atomic E-state index is 5.56. The number of para-hydroxylation sites is 2. The minimum Gasteiger partial charge on any atom is -0.494 e. The topological polar surface area (TPSA) is 39.1 Å². The monoisotopic (exact) mass is 341 g/mol. The normalized spacial score (nSPS) is 12.8. The highest BCUT2D eigenvalue weighted by Gasteiger charge is 2.25. The highest BCUT2D eigenvalue weighted by molar-refractivity contribution is 5.97. The van der Waals surface area contributed by atoms with Gasteiger partial charge in [-0.05, 0) is 29.3 Å². The van der Waals surface area contributed by atoms with Crippen molar-refractivity contribution in [3.63, 3.8) is 0 Å². The van der Waals surface area contributed by atoms with Crippen LogP contribution in [0.5, 0.6) is 5.75 Å². The van der Waals surface area contributed by atoms with E-state index >= 15 is 0 Å². The summed E-state index contributed by atoms with van der Waals surface area (Å²) in [5, 5.41) is 11.0. The van der Waals surface area contributed by atoms with Crippen molar-refractivity contribution in [1.29, 1.82) is 0 Å². The molecular weight excluding hydrogens is 322 g/mol. The number of nitrogens with one attached hydrogen (secondary N) is 1. The summed E-state index contributed by atoms with van der Waals surface area (Å²) in [5.74, 6) is 1.88. The van der Waals surface area contributed by atoms with E-state index in [0.29, 0.717) is 0 Å². The van der Waals surface area contributed by atoms with Crippen LogP contribution in [-0.4, -0.2) is 23.4 Å². The Balaban J connectivity index is 1.77. The lowest BCUT2D eigenvalue weighted by Crippen LogP contribution is -2.05. The van der Waals surface area contributed by atoms with E-state index in [9.17, 15) is 0 Å². The molecule has 0 saturated heterocycles. The van der Waals surface area contributed by atoms with Gasteiger partial charge in [-0.25, -0.2) is 4.68 Å². The third-order valence-electron chi connectivity index (χ3n) is 5.01. The smallest absolute Gasteiger partial charge is 0.144 e. The zero-order chi connectivity index (χ0) is 17.5. The summed E-state index contributed by atoms with van der Waals surface area (Å²) in [7, 11) is 1.70. The first-order chi connectivity index (χ1) is 12.9. The van der Waals surface area contributed by atoms with Crippen molar-refractivity contribution < 1.29 is 4.74 Å². The molecule has 2 heterocycles. The fourth-order valence-electron chi connectivity index (χ4n) is 3.80. The molecule has 1 N–H and O–H groups in total. The first-order valence-electron chi connectivity index (χ1n) is 8.84. The second kappa shape index (κ2) is 5.92. The number of benzene rings is 3. The zero-order valence-electron chi connectivity index (χ0n) is 14.6. The van der Waals surface area contributed by atoms with Crippen molar-refractivity contribution >= 4 is 16.6 Å². The van der Waals surface area contributed by atoms with Crippen LogP contribution in [0.25, 0.3) is 27.7 Å². The van der Waals surface area contributed by atoms with Gasteiger partial charge in [-0.3, -0.25) is 0 Å². The van der Waals surface area contributed by atoms with Gasteiger partial charge in [0.2, 0.25) is 0 Å². The quantitative estimate of drug-likeness (QED) is 0.588. The predicted octanol–water partition coefficient (Wildman–Crippen LogP) is 4.67. The number of aromatic nitrogens is 2. The van der Waals surface area contributed by atoms with Gasteiger partial charge in [0.15, 0.2) is 0 Å². The zero-order valence-corrected chi connectivity index (χ0v) is 14.6. The Morgan fingerprint density at radius 1 is 0.962 bits per heavy atom. The van der Waals surface area contributed by atoms with Gasteiger partial charge in [-0.2, -0.15) is 5.10 Å². The van der Waals surface area contributed by atoms with Crippen molar-refractivity contribution in [2.75, 3.05) is 19.0 Å². The third kappa shape index (κ3) is 2.19. The summed E-state index contributed by atoms with van der Waals surface area (Å²) >= 11 is 0. The largest absolute Gasteiger partial charge is 0.494 e. The van der Waals surface area contributed by atoms with Crippen molar-refractivity contribution in [3.05, 3.63) is 72.3 Å². The molecule has 0 fully saturated rings. The summed E-state index contributed by atoms with van der Waals surface area (Å²) in [6.07, 6.45) is 0.975. The lowest BCUT2D eigenvalue weighted by molar-refractivity contribution is 0.412. The molecule has 0 atom stereocenters. The van der Waals surface area contributed by atoms with Crippen molar-refractivity contribution in [2.45, 2.75) is 6.42 Å². The van der Waals surface area contributed by atoms with Gasteiger partial charge in [0.05, 0.1) is 12.8 Å². The molecule has 26 heavy (non-hydrogen) atoms. The van der Waals surface area contributed by atoms with Gasteiger partial charge in [-0.1, -0.05) is 54.6 Å². The fourth-order valence-corrected chi connectivity index (χ4v) is 3.80. The Hall–Kier alpha value is -3.27. The highest BCUT2D eigenvalue weighted by Crippen LogP contribution is 2.38. The van der Waals surface area contributed by atoms with Crippen LogP contribution in [0.2, 0.25) is 0 Å². The van der Waals surface area contributed by atoms with Crippen LogP contribution >= 0.6 is 0 Å². The number of hydrogen-bond acceptors (Lipinski definition) is 3. The molecule has 5 rings (SSSR count). The lowest BCUT2D eigenvalue weighted by atomic mass is 9.99. The lowest BCUT2D eigenvalue weighted by Gasteiger charge is -2.10. The molecule has 0 saturated carbocycles. The molecule has 4 heteroatoms. The molecule has 0 unspecified atom stereocenters. The standard InChI is InChI=1S/C22H19N3O/c1-26-20-12-5-4-11-19(20)25-22-18(13-14-23-22)21(24-25)17-10-6-8-15-7-2-3-9-16(15)17/h2-12,23H,13-14H2,1H3. The molecule has 1 aliphatic rings. The van der Waals surface area contributed by atoms with Crippen LogP contribution < -0.4 is 10.1 Å². The van der Waals surface area contributed by atoms with Crippen molar-refractivity contribution in [2.24, 2.45) is 0 Å². The molecule has 128 valence electrons. The minimum atomic E-state index is 0.816. The molecule has 4 aromatic rings. The summed E-state index contributed by atoms with van der Waals surface area (Å²) in [5.41, 5.74) is 4.45. The second-order valence-corrected chi connectivity index (χ2v) is 6.46. The van der Waals surface area contributed by atoms with Gasteiger partial charge < -0.3 is 10.1 Å². The maximum Gasteiger partial charge on any atom is 0.144 e. The number of fused-ring (bicyclic) bond motifs is 2. The van der Waals surface area contributed by atoms with Gasteiger partial charge in [0, 0.05) is 17.7 Å². The highest BCUT2D eigenvalue weighted by atomic mass is 16.5. The van der Waals surface area contributed by atoms with E-state index in [4.69, 9.17) is 9.84 Å². The molecule has 0 radical (unpaired) electrons. The first kappa shape index (κ1) is 15.0. The summed E-state index contributed by atoms with van der Waals surface area (Å²) < 4.78 is 7.54. The molecule has 0 amide bonds. The minimum absolute atomic E-state index is 0.816. The Kier molecular flexibility index (Phi) is 3.42. The van der Waals surface area contributed by atoms with E-state index in [1.54, 1.807) is 7.11 Å².